The first-order valence-corrected chi connectivity index (χ1v) is 5.16. The maximum absolute atomic E-state index is 2.17. The lowest BCUT2D eigenvalue weighted by atomic mass is 10.2. The molecule has 0 aliphatic carbocycles. The minimum Gasteiger partial charge on any atom is -0.0887 e. The summed E-state index contributed by atoms with van der Waals surface area (Å²) in [5.74, 6) is 0.833. The fraction of sp³-hybridized carbons (Fsp3) is 0.833. The van der Waals surface area contributed by atoms with Gasteiger partial charge in [-0.3, -0.25) is 0 Å². The zero-order valence-corrected chi connectivity index (χ0v) is 10.4. The maximum Gasteiger partial charge on any atom is -0.0352 e. The molecule has 0 bridgehead atoms. The van der Waals surface area contributed by atoms with Crippen molar-refractivity contribution in [2.75, 3.05) is 0 Å². The van der Waals surface area contributed by atoms with E-state index in [1.165, 1.54) is 12.0 Å². The highest BCUT2D eigenvalue weighted by Gasteiger charge is 1.73. The molecule has 0 amide bonds. The van der Waals surface area contributed by atoms with E-state index in [2.05, 4.69) is 47.6 Å². The van der Waals surface area contributed by atoms with Crippen LogP contribution in [0.4, 0.5) is 0 Å². The van der Waals surface area contributed by atoms with Crippen LogP contribution in [0.5, 0.6) is 0 Å². The van der Waals surface area contributed by atoms with E-state index >= 15 is 0 Å². The first kappa shape index (κ1) is 17.7. The van der Waals surface area contributed by atoms with Crippen molar-refractivity contribution in [3.05, 3.63) is 11.6 Å². The topological polar surface area (TPSA) is 0 Å². The van der Waals surface area contributed by atoms with Gasteiger partial charge in [-0.2, -0.15) is 0 Å². The lowest BCUT2D eigenvalue weighted by Gasteiger charge is -1.85. The molecule has 0 aromatic carbocycles. The second-order valence-corrected chi connectivity index (χ2v) is 3.22. The average molecular weight is 172 g/mol. The Morgan fingerprint density at radius 2 is 1.42 bits per heavy atom. The summed E-state index contributed by atoms with van der Waals surface area (Å²) < 4.78 is 0. The Labute approximate surface area is 80.1 Å². The van der Waals surface area contributed by atoms with Gasteiger partial charge < -0.3 is 0 Å². The molecular formula is C12H28. The van der Waals surface area contributed by atoms with E-state index in [9.17, 15) is 0 Å². The van der Waals surface area contributed by atoms with Crippen LogP contribution in [0.3, 0.4) is 0 Å². The molecule has 0 aromatic heterocycles. The highest BCUT2D eigenvalue weighted by molar-refractivity contribution is 4.93. The van der Waals surface area contributed by atoms with Gasteiger partial charge in [0.1, 0.15) is 0 Å². The zero-order valence-electron chi connectivity index (χ0n) is 10.4. The first-order valence-electron chi connectivity index (χ1n) is 5.16. The Morgan fingerprint density at radius 1 is 1.17 bits per heavy atom. The van der Waals surface area contributed by atoms with Gasteiger partial charge in [0.2, 0.25) is 0 Å². The van der Waals surface area contributed by atoms with E-state index < -0.39 is 0 Å². The van der Waals surface area contributed by atoms with Crippen molar-refractivity contribution in [2.24, 2.45) is 5.92 Å². The first-order chi connectivity index (χ1) is 5.54. The molecule has 76 valence electrons. The quantitative estimate of drug-likeness (QED) is 0.485. The van der Waals surface area contributed by atoms with Crippen molar-refractivity contribution < 1.29 is 0 Å². The van der Waals surface area contributed by atoms with Crippen LogP contribution in [0.2, 0.25) is 0 Å². The van der Waals surface area contributed by atoms with Gasteiger partial charge in [-0.15, -0.1) is 0 Å². The third-order valence-corrected chi connectivity index (χ3v) is 1.05. The summed E-state index contributed by atoms with van der Waals surface area (Å²) in [7, 11) is 0. The second-order valence-electron chi connectivity index (χ2n) is 3.22. The predicted octanol–water partition coefficient (Wildman–Crippen LogP) is 5.05. The molecule has 0 radical (unpaired) electrons. The molecule has 0 N–H and O–H groups in total. The molecule has 0 aliphatic heterocycles. The summed E-state index contributed by atoms with van der Waals surface area (Å²) in [4.78, 5) is 0. The Morgan fingerprint density at radius 3 is 1.42 bits per heavy atom. The van der Waals surface area contributed by atoms with Gasteiger partial charge in [0, 0.05) is 0 Å². The summed E-state index contributed by atoms with van der Waals surface area (Å²) in [5.41, 5.74) is 1.47. The molecule has 0 fully saturated rings. The van der Waals surface area contributed by atoms with E-state index in [1.54, 1.807) is 0 Å². The van der Waals surface area contributed by atoms with E-state index in [-0.39, 0.29) is 0 Å². The second kappa shape index (κ2) is 17.0. The molecule has 12 heavy (non-hydrogen) atoms. The van der Waals surface area contributed by atoms with Crippen LogP contribution in [0, 0.1) is 5.92 Å². The molecule has 0 heteroatoms. The maximum atomic E-state index is 2.17. The van der Waals surface area contributed by atoms with E-state index in [0.717, 1.165) is 5.92 Å². The third-order valence-electron chi connectivity index (χ3n) is 1.05. The Hall–Kier alpha value is -0.260. The van der Waals surface area contributed by atoms with Crippen LogP contribution >= 0.6 is 0 Å². The molecule has 0 unspecified atom stereocenters. The Bertz CT molecular complexity index is 75.3. The minimum absolute atomic E-state index is 0.833. The third kappa shape index (κ3) is 53.2. The summed E-state index contributed by atoms with van der Waals surface area (Å²) >= 11 is 0. The zero-order chi connectivity index (χ0) is 10.6. The summed E-state index contributed by atoms with van der Waals surface area (Å²) in [5, 5.41) is 0. The van der Waals surface area contributed by atoms with Gasteiger partial charge in [0.05, 0.1) is 0 Å². The van der Waals surface area contributed by atoms with Gasteiger partial charge in [0.15, 0.2) is 0 Å². The predicted molar refractivity (Wildman–Crippen MR) is 61.6 cm³/mol. The minimum atomic E-state index is 0.833. The van der Waals surface area contributed by atoms with Crippen molar-refractivity contribution in [2.45, 2.75) is 61.8 Å². The highest BCUT2D eigenvalue weighted by atomic mass is 13.8. The van der Waals surface area contributed by atoms with E-state index in [0.29, 0.717) is 0 Å². The van der Waals surface area contributed by atoms with Crippen molar-refractivity contribution in [3.8, 4) is 0 Å². The summed E-state index contributed by atoms with van der Waals surface area (Å²) in [6.45, 7) is 16.9. The summed E-state index contributed by atoms with van der Waals surface area (Å²) in [6, 6.07) is 0. The number of allylic oxidation sites excluding steroid dienone is 2. The SMILES string of the molecule is C/C=C(\C)CC.CC.CC(C)C. The molecule has 0 nitrogen and oxygen atoms in total. The van der Waals surface area contributed by atoms with E-state index in [1.807, 2.05) is 13.8 Å². The van der Waals surface area contributed by atoms with Crippen LogP contribution in [0.1, 0.15) is 61.8 Å². The molecule has 0 rings (SSSR count). The fourth-order valence-electron chi connectivity index (χ4n) is 0.204. The van der Waals surface area contributed by atoms with Gasteiger partial charge in [-0.1, -0.05) is 53.2 Å². The van der Waals surface area contributed by atoms with Crippen molar-refractivity contribution >= 4 is 0 Å². The van der Waals surface area contributed by atoms with Crippen LogP contribution in [0.15, 0.2) is 11.6 Å². The number of rotatable bonds is 1. The van der Waals surface area contributed by atoms with Gasteiger partial charge in [0.25, 0.3) is 0 Å². The summed E-state index contributed by atoms with van der Waals surface area (Å²) in [6.07, 6.45) is 3.33. The molecule has 0 spiro atoms. The smallest absolute Gasteiger partial charge is 0.0352 e. The monoisotopic (exact) mass is 172 g/mol. The normalized spacial score (nSPS) is 9.58. The molecule has 0 aromatic rings. The fourth-order valence-corrected chi connectivity index (χ4v) is 0.204. The van der Waals surface area contributed by atoms with E-state index in [4.69, 9.17) is 0 Å². The lowest BCUT2D eigenvalue weighted by Crippen LogP contribution is -1.66. The molecule has 0 saturated heterocycles. The molecule has 0 aliphatic rings. The highest BCUT2D eigenvalue weighted by Crippen LogP contribution is 1.94. The Kier molecular flexibility index (Phi) is 25.1. The average Bonchev–Trinajstić information content (AvgIpc) is 2.06. The Balaban J connectivity index is -0.000000118. The molecule has 0 heterocycles. The van der Waals surface area contributed by atoms with Crippen LogP contribution in [0.25, 0.3) is 0 Å². The molecule has 0 atom stereocenters. The lowest BCUT2D eigenvalue weighted by molar-refractivity contribution is 0.737. The van der Waals surface area contributed by atoms with Gasteiger partial charge >= 0.3 is 0 Å². The molecular weight excluding hydrogens is 144 g/mol. The standard InChI is InChI=1S/C6H12.C4H10.C2H6/c1-4-6(3)5-2;1-4(2)3;1-2/h4H,5H2,1-3H3;4H,1-3H3;1-2H3/b6-4+;;. The largest absolute Gasteiger partial charge is 0.0887 e. The van der Waals surface area contributed by atoms with Gasteiger partial charge in [-0.25, -0.2) is 0 Å². The molecule has 0 saturated carbocycles. The van der Waals surface area contributed by atoms with Crippen LogP contribution in [-0.2, 0) is 0 Å². The van der Waals surface area contributed by atoms with Crippen molar-refractivity contribution in [3.63, 3.8) is 0 Å². The van der Waals surface area contributed by atoms with Crippen LogP contribution in [-0.4, -0.2) is 0 Å². The van der Waals surface area contributed by atoms with Crippen molar-refractivity contribution in [1.82, 2.24) is 0 Å². The van der Waals surface area contributed by atoms with Crippen LogP contribution < -0.4 is 0 Å². The number of hydrogen-bond acceptors (Lipinski definition) is 0. The van der Waals surface area contributed by atoms with Crippen molar-refractivity contribution in [1.29, 1.82) is 0 Å². The van der Waals surface area contributed by atoms with Gasteiger partial charge in [-0.05, 0) is 26.2 Å². The number of hydrogen-bond donors (Lipinski definition) is 0.